The van der Waals surface area contributed by atoms with Crippen molar-refractivity contribution in [1.29, 1.82) is 0 Å². The fourth-order valence-corrected chi connectivity index (χ4v) is 3.77. The van der Waals surface area contributed by atoms with Gasteiger partial charge in [0.25, 0.3) is 0 Å². The molecule has 0 atom stereocenters. The van der Waals surface area contributed by atoms with Crippen LogP contribution in [0.2, 0.25) is 0 Å². The van der Waals surface area contributed by atoms with E-state index in [1.165, 1.54) is 5.56 Å². The molecule has 0 bridgehead atoms. The van der Waals surface area contributed by atoms with Crippen LogP contribution in [0.4, 0.5) is 5.69 Å². The van der Waals surface area contributed by atoms with Gasteiger partial charge in [0.15, 0.2) is 0 Å². The van der Waals surface area contributed by atoms with E-state index in [0.29, 0.717) is 5.91 Å². The van der Waals surface area contributed by atoms with Crippen LogP contribution in [0.1, 0.15) is 31.2 Å². The number of aryl methyl sites for hydroxylation is 1. The van der Waals surface area contributed by atoms with Crippen LogP contribution >= 0.6 is 0 Å². The van der Waals surface area contributed by atoms with Crippen LogP contribution in [0.25, 0.3) is 0 Å². The van der Waals surface area contributed by atoms with Gasteiger partial charge in [0.2, 0.25) is 11.8 Å². The molecule has 1 saturated carbocycles. The second-order valence-electron chi connectivity index (χ2n) is 7.53. The highest BCUT2D eigenvalue weighted by Gasteiger charge is 2.32. The summed E-state index contributed by atoms with van der Waals surface area (Å²) in [6.07, 6.45) is 3.28. The number of nitrogens with zero attached hydrogens (tertiary/aromatic N) is 2. The van der Waals surface area contributed by atoms with Gasteiger partial charge in [0.05, 0.1) is 0 Å². The van der Waals surface area contributed by atoms with Crippen LogP contribution in [0.15, 0.2) is 24.3 Å². The number of carbonyl (C=O) groups is 2. The van der Waals surface area contributed by atoms with E-state index >= 15 is 0 Å². The third kappa shape index (κ3) is 4.60. The maximum Gasteiger partial charge on any atom is 0.227 e. The average Bonchev–Trinajstić information content (AvgIpc) is 2.64. The van der Waals surface area contributed by atoms with Crippen molar-refractivity contribution in [2.45, 2.75) is 32.6 Å². The van der Waals surface area contributed by atoms with E-state index in [9.17, 15) is 9.59 Å². The van der Waals surface area contributed by atoms with Gasteiger partial charge >= 0.3 is 0 Å². The lowest BCUT2D eigenvalue weighted by Gasteiger charge is -2.36. The van der Waals surface area contributed by atoms with Gasteiger partial charge in [-0.2, -0.15) is 0 Å². The molecule has 2 fully saturated rings. The first-order chi connectivity index (χ1) is 12.0. The first kappa shape index (κ1) is 17.9. The van der Waals surface area contributed by atoms with Gasteiger partial charge in [0, 0.05) is 43.7 Å². The van der Waals surface area contributed by atoms with Crippen molar-refractivity contribution < 1.29 is 9.59 Å². The minimum absolute atomic E-state index is 0.0258. The number of piperazine rings is 1. The first-order valence-electron chi connectivity index (χ1n) is 9.38. The fraction of sp³-hybridized carbons (Fsp3) is 0.600. The Labute approximate surface area is 150 Å². The van der Waals surface area contributed by atoms with Gasteiger partial charge < -0.3 is 15.1 Å². The fourth-order valence-electron chi connectivity index (χ4n) is 3.77. The summed E-state index contributed by atoms with van der Waals surface area (Å²) >= 11 is 0. The van der Waals surface area contributed by atoms with Gasteiger partial charge in [-0.25, -0.2) is 0 Å². The summed E-state index contributed by atoms with van der Waals surface area (Å²) in [5.74, 6) is 0.518. The standard InChI is InChI=1S/C20H29N3O2/c1-15-3-9-18(10-4-15)21-19(24)16-5-7-17(8-6-16)20(25)23-13-11-22(2)12-14-23/h3-4,9-10,16-17H,5-8,11-14H2,1-2H3,(H,21,24). The SMILES string of the molecule is Cc1ccc(NC(=O)C2CCC(C(=O)N3CCN(C)CC3)CC2)cc1. The number of rotatable bonds is 3. The molecule has 0 spiro atoms. The van der Waals surface area contributed by atoms with Crippen molar-refractivity contribution in [1.82, 2.24) is 9.80 Å². The Bertz CT molecular complexity index is 598. The Hall–Kier alpha value is -1.88. The number of benzene rings is 1. The Morgan fingerprint density at radius 2 is 1.48 bits per heavy atom. The topological polar surface area (TPSA) is 52.7 Å². The molecule has 1 N–H and O–H groups in total. The third-order valence-electron chi connectivity index (χ3n) is 5.58. The second kappa shape index (κ2) is 8.00. The molecule has 136 valence electrons. The monoisotopic (exact) mass is 343 g/mol. The van der Waals surface area contributed by atoms with E-state index < -0.39 is 0 Å². The van der Waals surface area contributed by atoms with Gasteiger partial charge in [-0.3, -0.25) is 9.59 Å². The zero-order valence-corrected chi connectivity index (χ0v) is 15.3. The number of amides is 2. The first-order valence-corrected chi connectivity index (χ1v) is 9.38. The molecule has 5 nitrogen and oxygen atoms in total. The van der Waals surface area contributed by atoms with Gasteiger partial charge in [-0.15, -0.1) is 0 Å². The highest BCUT2D eigenvalue weighted by Crippen LogP contribution is 2.31. The molecule has 1 aliphatic carbocycles. The number of carbonyl (C=O) groups excluding carboxylic acids is 2. The molecule has 25 heavy (non-hydrogen) atoms. The predicted molar refractivity (Wildman–Crippen MR) is 99.3 cm³/mol. The van der Waals surface area contributed by atoms with Crippen LogP contribution in [0, 0.1) is 18.8 Å². The maximum absolute atomic E-state index is 12.7. The molecule has 3 rings (SSSR count). The Morgan fingerprint density at radius 1 is 0.920 bits per heavy atom. The highest BCUT2D eigenvalue weighted by molar-refractivity contribution is 5.92. The molecule has 0 radical (unpaired) electrons. The summed E-state index contributed by atoms with van der Waals surface area (Å²) in [6, 6.07) is 7.88. The minimum atomic E-state index is 0.0258. The number of anilines is 1. The van der Waals surface area contributed by atoms with Gasteiger partial charge in [0.1, 0.15) is 0 Å². The van der Waals surface area contributed by atoms with Crippen LogP contribution in [-0.2, 0) is 9.59 Å². The number of likely N-dealkylation sites (N-methyl/N-ethyl adjacent to an activating group) is 1. The molecule has 2 amide bonds. The van der Waals surface area contributed by atoms with Crippen LogP contribution in [-0.4, -0.2) is 54.8 Å². The van der Waals surface area contributed by atoms with Crippen LogP contribution < -0.4 is 5.32 Å². The lowest BCUT2D eigenvalue weighted by Crippen LogP contribution is -2.49. The second-order valence-corrected chi connectivity index (χ2v) is 7.53. The van der Waals surface area contributed by atoms with E-state index in [1.54, 1.807) is 0 Å². The maximum atomic E-state index is 12.7. The van der Waals surface area contributed by atoms with E-state index in [0.717, 1.165) is 57.5 Å². The minimum Gasteiger partial charge on any atom is -0.340 e. The largest absolute Gasteiger partial charge is 0.340 e. The molecule has 1 heterocycles. The van der Waals surface area contributed by atoms with Gasteiger partial charge in [-0.05, 0) is 51.8 Å². The summed E-state index contributed by atoms with van der Waals surface area (Å²) in [4.78, 5) is 29.4. The highest BCUT2D eigenvalue weighted by atomic mass is 16.2. The molecule has 0 aromatic heterocycles. The zero-order valence-electron chi connectivity index (χ0n) is 15.3. The molecule has 1 aromatic carbocycles. The van der Waals surface area contributed by atoms with Crippen molar-refractivity contribution >= 4 is 17.5 Å². The third-order valence-corrected chi connectivity index (χ3v) is 5.58. The smallest absolute Gasteiger partial charge is 0.227 e. The van der Waals surface area contributed by atoms with Crippen molar-refractivity contribution in [3.63, 3.8) is 0 Å². The average molecular weight is 343 g/mol. The van der Waals surface area contributed by atoms with Crippen molar-refractivity contribution in [2.75, 3.05) is 38.5 Å². The number of hydrogen-bond donors (Lipinski definition) is 1. The molecular formula is C20H29N3O2. The summed E-state index contributed by atoms with van der Waals surface area (Å²) in [7, 11) is 2.10. The number of hydrogen-bond acceptors (Lipinski definition) is 3. The lowest BCUT2D eigenvalue weighted by atomic mass is 9.80. The van der Waals surface area contributed by atoms with Crippen molar-refractivity contribution in [3.05, 3.63) is 29.8 Å². The van der Waals surface area contributed by atoms with Gasteiger partial charge in [-0.1, -0.05) is 17.7 Å². The van der Waals surface area contributed by atoms with E-state index in [-0.39, 0.29) is 17.7 Å². The lowest BCUT2D eigenvalue weighted by molar-refractivity contribution is -0.139. The summed E-state index contributed by atoms with van der Waals surface area (Å²) in [5, 5.41) is 3.01. The molecule has 0 unspecified atom stereocenters. The predicted octanol–water partition coefficient (Wildman–Crippen LogP) is 2.51. The van der Waals surface area contributed by atoms with Crippen LogP contribution in [0.3, 0.4) is 0 Å². The molecule has 2 aliphatic rings. The van der Waals surface area contributed by atoms with Crippen molar-refractivity contribution in [3.8, 4) is 0 Å². The molecule has 1 saturated heterocycles. The van der Waals surface area contributed by atoms with Crippen LogP contribution in [0.5, 0.6) is 0 Å². The number of nitrogens with one attached hydrogen (secondary N) is 1. The summed E-state index contributed by atoms with van der Waals surface area (Å²) in [6.45, 7) is 5.62. The molecular weight excluding hydrogens is 314 g/mol. The molecule has 1 aromatic rings. The van der Waals surface area contributed by atoms with E-state index in [2.05, 4.69) is 17.3 Å². The Morgan fingerprint density at radius 3 is 2.08 bits per heavy atom. The molecule has 5 heteroatoms. The molecule has 1 aliphatic heterocycles. The normalized spacial score (nSPS) is 24.8. The van der Waals surface area contributed by atoms with E-state index in [1.807, 2.05) is 36.1 Å². The van der Waals surface area contributed by atoms with Crippen molar-refractivity contribution in [2.24, 2.45) is 11.8 Å². The Balaban J connectivity index is 1.47. The summed E-state index contributed by atoms with van der Waals surface area (Å²) in [5.41, 5.74) is 2.03. The summed E-state index contributed by atoms with van der Waals surface area (Å²) < 4.78 is 0. The quantitative estimate of drug-likeness (QED) is 0.917. The zero-order chi connectivity index (χ0) is 17.8. The van der Waals surface area contributed by atoms with E-state index in [4.69, 9.17) is 0 Å². The Kier molecular flexibility index (Phi) is 5.74.